The summed E-state index contributed by atoms with van der Waals surface area (Å²) in [6, 6.07) is 5.79. The zero-order valence-corrected chi connectivity index (χ0v) is 10.3. The summed E-state index contributed by atoms with van der Waals surface area (Å²) in [5, 5.41) is 1.41. The van der Waals surface area contributed by atoms with Crippen LogP contribution >= 0.6 is 23.2 Å². The van der Waals surface area contributed by atoms with Crippen molar-refractivity contribution in [2.24, 2.45) is 5.90 Å². The highest BCUT2D eigenvalue weighted by atomic mass is 35.5. The highest BCUT2D eigenvalue weighted by Gasteiger charge is 2.26. The third-order valence-electron chi connectivity index (χ3n) is 2.88. The van der Waals surface area contributed by atoms with Gasteiger partial charge in [0.25, 0.3) is 0 Å². The van der Waals surface area contributed by atoms with Crippen LogP contribution in [0.5, 0.6) is 0 Å². The number of nitrogens with zero attached hydrogens (tertiary/aromatic N) is 1. The Morgan fingerprint density at radius 2 is 2.25 bits per heavy atom. The fourth-order valence-electron chi connectivity index (χ4n) is 2.14. The van der Waals surface area contributed by atoms with Crippen molar-refractivity contribution in [1.29, 1.82) is 0 Å². The second kappa shape index (κ2) is 5.23. The Kier molecular flexibility index (Phi) is 3.92. The fraction of sp³-hybridized carbons (Fsp3) is 0.455. The summed E-state index contributed by atoms with van der Waals surface area (Å²) in [5.74, 6) is 5.13. The van der Waals surface area contributed by atoms with Gasteiger partial charge in [0.1, 0.15) is 0 Å². The molecule has 1 atom stereocenters. The van der Waals surface area contributed by atoms with Crippen LogP contribution in [0.2, 0.25) is 10.0 Å². The molecule has 0 spiro atoms. The highest BCUT2D eigenvalue weighted by Crippen LogP contribution is 2.33. The molecule has 5 heteroatoms. The normalized spacial score (nSPS) is 20.4. The molecule has 1 aliphatic rings. The molecule has 2 N–H and O–H groups in total. The van der Waals surface area contributed by atoms with Gasteiger partial charge in [-0.05, 0) is 31.0 Å². The quantitative estimate of drug-likeness (QED) is 0.850. The van der Waals surface area contributed by atoms with Gasteiger partial charge in [-0.2, -0.15) is 0 Å². The molecule has 0 saturated carbocycles. The molecule has 1 unspecified atom stereocenters. The summed E-state index contributed by atoms with van der Waals surface area (Å²) in [6.45, 7) is 1.48. The number of rotatable bonds is 3. The number of halogens is 2. The van der Waals surface area contributed by atoms with Gasteiger partial charge in [0.05, 0.1) is 23.4 Å². The molecule has 1 aromatic rings. The van der Waals surface area contributed by atoms with E-state index in [4.69, 9.17) is 33.9 Å². The zero-order valence-electron chi connectivity index (χ0n) is 8.83. The van der Waals surface area contributed by atoms with Crippen LogP contribution in [-0.2, 0) is 4.84 Å². The third kappa shape index (κ3) is 2.43. The van der Waals surface area contributed by atoms with Crippen molar-refractivity contribution in [2.45, 2.75) is 18.9 Å². The van der Waals surface area contributed by atoms with Crippen LogP contribution in [0.1, 0.15) is 12.8 Å². The summed E-state index contributed by atoms with van der Waals surface area (Å²) in [5.41, 5.74) is 0.966. The Morgan fingerprint density at radius 1 is 1.44 bits per heavy atom. The minimum absolute atomic E-state index is 0.293. The van der Waals surface area contributed by atoms with Crippen molar-refractivity contribution in [2.75, 3.05) is 18.1 Å². The Hall–Kier alpha value is -0.480. The summed E-state index contributed by atoms with van der Waals surface area (Å²) in [7, 11) is 0. The molecule has 0 aliphatic carbocycles. The highest BCUT2D eigenvalue weighted by molar-refractivity contribution is 6.35. The summed E-state index contributed by atoms with van der Waals surface area (Å²) in [4.78, 5) is 6.94. The minimum atomic E-state index is 0.293. The molecule has 16 heavy (non-hydrogen) atoms. The van der Waals surface area contributed by atoms with Gasteiger partial charge in [0.15, 0.2) is 0 Å². The molecule has 88 valence electrons. The molecule has 1 saturated heterocycles. The number of hydrogen-bond acceptors (Lipinski definition) is 3. The lowest BCUT2D eigenvalue weighted by Gasteiger charge is -2.27. The molecule has 0 bridgehead atoms. The van der Waals surface area contributed by atoms with Crippen molar-refractivity contribution in [3.63, 3.8) is 0 Å². The van der Waals surface area contributed by atoms with Crippen molar-refractivity contribution >= 4 is 28.9 Å². The average Bonchev–Trinajstić information content (AvgIpc) is 2.70. The second-order valence-electron chi connectivity index (χ2n) is 3.92. The lowest BCUT2D eigenvalue weighted by atomic mass is 10.2. The van der Waals surface area contributed by atoms with Crippen LogP contribution in [0.3, 0.4) is 0 Å². The molecule has 0 aromatic heterocycles. The van der Waals surface area contributed by atoms with Crippen LogP contribution in [0, 0.1) is 0 Å². The van der Waals surface area contributed by atoms with Crippen LogP contribution in [-0.4, -0.2) is 19.2 Å². The third-order valence-corrected chi connectivity index (χ3v) is 3.44. The number of hydrogen-bond donors (Lipinski definition) is 1. The monoisotopic (exact) mass is 260 g/mol. The van der Waals surface area contributed by atoms with Gasteiger partial charge in [-0.1, -0.05) is 23.2 Å². The van der Waals surface area contributed by atoms with Gasteiger partial charge in [-0.15, -0.1) is 0 Å². The van der Waals surface area contributed by atoms with E-state index in [1.807, 2.05) is 12.1 Å². The minimum Gasteiger partial charge on any atom is -0.365 e. The first-order valence-corrected chi connectivity index (χ1v) is 6.01. The fourth-order valence-corrected chi connectivity index (χ4v) is 2.54. The maximum atomic E-state index is 6.17. The van der Waals surface area contributed by atoms with E-state index in [2.05, 4.69) is 4.90 Å². The van der Waals surface area contributed by atoms with Crippen molar-refractivity contribution < 1.29 is 4.84 Å². The maximum absolute atomic E-state index is 6.17. The summed E-state index contributed by atoms with van der Waals surface area (Å²) < 4.78 is 0. The van der Waals surface area contributed by atoms with Crippen LogP contribution in [0.4, 0.5) is 5.69 Å². The van der Waals surface area contributed by atoms with E-state index < -0.39 is 0 Å². The van der Waals surface area contributed by atoms with Crippen molar-refractivity contribution in [3.8, 4) is 0 Å². The molecule has 1 heterocycles. The van der Waals surface area contributed by atoms with E-state index in [9.17, 15) is 0 Å². The van der Waals surface area contributed by atoms with Gasteiger partial charge in [0.2, 0.25) is 0 Å². The Balaban J connectivity index is 2.25. The van der Waals surface area contributed by atoms with Crippen molar-refractivity contribution in [1.82, 2.24) is 0 Å². The number of anilines is 1. The maximum Gasteiger partial charge on any atom is 0.0882 e. The molecule has 3 nitrogen and oxygen atoms in total. The zero-order chi connectivity index (χ0) is 11.5. The van der Waals surface area contributed by atoms with E-state index in [1.54, 1.807) is 6.07 Å². The van der Waals surface area contributed by atoms with Crippen LogP contribution in [0.15, 0.2) is 18.2 Å². The first-order chi connectivity index (χ1) is 7.72. The molecule has 2 rings (SSSR count). The van der Waals surface area contributed by atoms with Crippen LogP contribution in [0.25, 0.3) is 0 Å². The lowest BCUT2D eigenvalue weighted by molar-refractivity contribution is 0.124. The number of nitrogens with two attached hydrogens (primary N) is 1. The summed E-state index contributed by atoms with van der Waals surface area (Å²) >= 11 is 12.1. The Morgan fingerprint density at radius 3 is 3.00 bits per heavy atom. The standard InChI is InChI=1S/C11H14Cl2N2O/c12-8-3-4-10(13)11(6-8)15-5-1-2-9(15)7-16-14/h3-4,6,9H,1-2,5,7,14H2. The lowest BCUT2D eigenvalue weighted by Crippen LogP contribution is -2.34. The SMILES string of the molecule is NOCC1CCCN1c1cc(Cl)ccc1Cl. The molecule has 0 amide bonds. The van der Waals surface area contributed by atoms with Gasteiger partial charge in [-0.3, -0.25) is 0 Å². The predicted molar refractivity (Wildman–Crippen MR) is 67.0 cm³/mol. The van der Waals surface area contributed by atoms with Gasteiger partial charge in [0, 0.05) is 11.6 Å². The van der Waals surface area contributed by atoms with E-state index >= 15 is 0 Å². The molecular formula is C11H14Cl2N2O. The first kappa shape index (κ1) is 12.0. The Bertz CT molecular complexity index is 373. The van der Waals surface area contributed by atoms with Gasteiger partial charge < -0.3 is 9.74 Å². The average molecular weight is 261 g/mol. The molecule has 0 radical (unpaired) electrons. The van der Waals surface area contributed by atoms with Crippen molar-refractivity contribution in [3.05, 3.63) is 28.2 Å². The predicted octanol–water partition coefficient (Wildman–Crippen LogP) is 2.85. The molecule has 1 fully saturated rings. The van der Waals surface area contributed by atoms with Crippen LogP contribution < -0.4 is 10.8 Å². The topological polar surface area (TPSA) is 38.5 Å². The molecular weight excluding hydrogens is 247 g/mol. The second-order valence-corrected chi connectivity index (χ2v) is 4.76. The number of benzene rings is 1. The molecule has 1 aliphatic heterocycles. The van der Waals surface area contributed by atoms with E-state index in [0.717, 1.165) is 25.1 Å². The van der Waals surface area contributed by atoms with E-state index in [-0.39, 0.29) is 0 Å². The van der Waals surface area contributed by atoms with Gasteiger partial charge in [-0.25, -0.2) is 5.90 Å². The Labute approximate surface area is 105 Å². The van der Waals surface area contributed by atoms with E-state index in [0.29, 0.717) is 22.7 Å². The van der Waals surface area contributed by atoms with E-state index in [1.165, 1.54) is 0 Å². The van der Waals surface area contributed by atoms with Gasteiger partial charge >= 0.3 is 0 Å². The largest absolute Gasteiger partial charge is 0.365 e. The summed E-state index contributed by atoms with van der Waals surface area (Å²) in [6.07, 6.45) is 2.19. The smallest absolute Gasteiger partial charge is 0.0882 e. The molecule has 1 aromatic carbocycles. The first-order valence-electron chi connectivity index (χ1n) is 5.25.